The number of fused-ring (bicyclic) bond motifs is 3. The van der Waals surface area contributed by atoms with Gasteiger partial charge in [0.25, 0.3) is 0 Å². The van der Waals surface area contributed by atoms with Gasteiger partial charge in [-0.25, -0.2) is 9.78 Å². The molecule has 0 radical (unpaired) electrons. The topological polar surface area (TPSA) is 72.3 Å². The van der Waals surface area contributed by atoms with Crippen LogP contribution in [0.4, 0.5) is 0 Å². The van der Waals surface area contributed by atoms with E-state index in [9.17, 15) is 4.79 Å². The van der Waals surface area contributed by atoms with E-state index in [0.29, 0.717) is 28.6 Å². The number of ether oxygens (including phenoxy) is 1. The fraction of sp³-hybridized carbons (Fsp3) is 0.308. The summed E-state index contributed by atoms with van der Waals surface area (Å²) >= 11 is 6.02. The van der Waals surface area contributed by atoms with Gasteiger partial charge in [0.2, 0.25) is 0 Å². The summed E-state index contributed by atoms with van der Waals surface area (Å²) in [5.74, 6) is 0.556. The molecule has 1 atom stereocenters. The first-order chi connectivity index (χ1) is 9.72. The zero-order valence-corrected chi connectivity index (χ0v) is 11.2. The van der Waals surface area contributed by atoms with Gasteiger partial charge in [-0.05, 0) is 31.0 Å². The molecule has 0 aliphatic carbocycles. The molecular weight excluding hydrogens is 280 g/mol. The van der Waals surface area contributed by atoms with Crippen LogP contribution in [0, 0.1) is 0 Å². The van der Waals surface area contributed by atoms with E-state index in [1.54, 1.807) is 18.2 Å². The second-order valence-corrected chi connectivity index (χ2v) is 5.26. The Balaban J connectivity index is 2.04. The minimum Gasteiger partial charge on any atom is -0.370 e. The zero-order valence-electron chi connectivity index (χ0n) is 10.5. The number of hydrogen-bond acceptors (Lipinski definition) is 4. The van der Waals surface area contributed by atoms with Gasteiger partial charge in [0, 0.05) is 17.0 Å². The number of benzene rings is 1. The van der Waals surface area contributed by atoms with Crippen LogP contribution in [0.15, 0.2) is 23.0 Å². The Morgan fingerprint density at radius 3 is 3.15 bits per heavy atom. The molecule has 2 aromatic heterocycles. The maximum absolute atomic E-state index is 12.0. The van der Waals surface area contributed by atoms with Crippen LogP contribution in [0.2, 0.25) is 5.02 Å². The molecule has 0 amide bonds. The molecule has 0 spiro atoms. The highest BCUT2D eigenvalue weighted by Gasteiger charge is 2.23. The predicted octanol–water partition coefficient (Wildman–Crippen LogP) is 2.08. The molecule has 7 heteroatoms. The van der Waals surface area contributed by atoms with Gasteiger partial charge in [0.1, 0.15) is 6.10 Å². The molecule has 0 saturated carbocycles. The molecule has 102 valence electrons. The highest BCUT2D eigenvalue weighted by molar-refractivity contribution is 6.31. The monoisotopic (exact) mass is 290 g/mol. The van der Waals surface area contributed by atoms with E-state index < -0.39 is 0 Å². The summed E-state index contributed by atoms with van der Waals surface area (Å²) in [5.41, 5.74) is 0.890. The molecule has 20 heavy (non-hydrogen) atoms. The van der Waals surface area contributed by atoms with Gasteiger partial charge in [0.15, 0.2) is 11.5 Å². The van der Waals surface area contributed by atoms with E-state index in [1.165, 1.54) is 4.52 Å². The third kappa shape index (κ3) is 1.72. The molecule has 1 aromatic carbocycles. The lowest BCUT2D eigenvalue weighted by Gasteiger charge is -2.01. The van der Waals surface area contributed by atoms with Crippen LogP contribution in [-0.2, 0) is 4.74 Å². The summed E-state index contributed by atoms with van der Waals surface area (Å²) in [6, 6.07) is 5.27. The van der Waals surface area contributed by atoms with Crippen LogP contribution in [0.25, 0.3) is 16.6 Å². The molecule has 3 aromatic rings. The SMILES string of the molecule is O=c1[nH]c2ccc(Cl)cc2c2nc(C3CCCO3)nn12. The number of halogens is 1. The molecule has 0 bridgehead atoms. The number of rotatable bonds is 1. The smallest absolute Gasteiger partial charge is 0.348 e. The molecule has 1 N–H and O–H groups in total. The fourth-order valence-electron chi connectivity index (χ4n) is 2.54. The third-order valence-electron chi connectivity index (χ3n) is 3.50. The number of nitrogens with zero attached hydrogens (tertiary/aromatic N) is 3. The first-order valence-electron chi connectivity index (χ1n) is 6.42. The van der Waals surface area contributed by atoms with Crippen LogP contribution in [0.3, 0.4) is 0 Å². The zero-order chi connectivity index (χ0) is 13.7. The first kappa shape index (κ1) is 11.9. The molecule has 1 fully saturated rings. The molecule has 1 saturated heterocycles. The van der Waals surface area contributed by atoms with Crippen molar-refractivity contribution >= 4 is 28.2 Å². The largest absolute Gasteiger partial charge is 0.370 e. The van der Waals surface area contributed by atoms with Crippen molar-refractivity contribution in [1.82, 2.24) is 19.6 Å². The fourth-order valence-corrected chi connectivity index (χ4v) is 2.71. The van der Waals surface area contributed by atoms with Crippen molar-refractivity contribution in [2.45, 2.75) is 18.9 Å². The standard InChI is InChI=1S/C13H11ClN4O2/c14-7-3-4-9-8(6-7)12-16-11(10-2-1-5-20-10)17-18(12)13(19)15-9/h3-4,6,10H,1-2,5H2,(H,15,19). The minimum atomic E-state index is -0.313. The van der Waals surface area contributed by atoms with Crippen LogP contribution >= 0.6 is 11.6 Å². The Hall–Kier alpha value is -1.92. The summed E-state index contributed by atoms with van der Waals surface area (Å²) < 4.78 is 6.84. The van der Waals surface area contributed by atoms with Crippen molar-refractivity contribution in [3.05, 3.63) is 39.5 Å². The Labute approximate surface area is 118 Å². The molecule has 1 aliphatic heterocycles. The van der Waals surface area contributed by atoms with Crippen molar-refractivity contribution < 1.29 is 4.74 Å². The van der Waals surface area contributed by atoms with Crippen molar-refractivity contribution in [2.24, 2.45) is 0 Å². The van der Waals surface area contributed by atoms with Crippen LogP contribution < -0.4 is 5.69 Å². The summed E-state index contributed by atoms with van der Waals surface area (Å²) in [5, 5.41) is 5.63. The summed E-state index contributed by atoms with van der Waals surface area (Å²) in [6.07, 6.45) is 1.75. The van der Waals surface area contributed by atoms with Crippen LogP contribution in [0.1, 0.15) is 24.8 Å². The van der Waals surface area contributed by atoms with E-state index in [-0.39, 0.29) is 11.8 Å². The van der Waals surface area contributed by atoms with Gasteiger partial charge in [0.05, 0.1) is 5.52 Å². The summed E-state index contributed by atoms with van der Waals surface area (Å²) in [6.45, 7) is 0.711. The maximum atomic E-state index is 12.0. The average Bonchev–Trinajstić information content (AvgIpc) is 3.08. The van der Waals surface area contributed by atoms with E-state index in [2.05, 4.69) is 15.1 Å². The van der Waals surface area contributed by atoms with Gasteiger partial charge in [-0.2, -0.15) is 4.52 Å². The number of aromatic nitrogens is 4. The summed E-state index contributed by atoms with van der Waals surface area (Å²) in [4.78, 5) is 19.3. The number of H-pyrrole nitrogens is 1. The Kier molecular flexibility index (Phi) is 2.55. The van der Waals surface area contributed by atoms with Crippen LogP contribution in [0.5, 0.6) is 0 Å². The van der Waals surface area contributed by atoms with E-state index >= 15 is 0 Å². The van der Waals surface area contributed by atoms with Crippen molar-refractivity contribution in [3.63, 3.8) is 0 Å². The Bertz CT molecular complexity index is 864. The highest BCUT2D eigenvalue weighted by atomic mass is 35.5. The van der Waals surface area contributed by atoms with Gasteiger partial charge in [-0.15, -0.1) is 5.10 Å². The van der Waals surface area contributed by atoms with Gasteiger partial charge in [-0.1, -0.05) is 11.6 Å². The molecule has 6 nitrogen and oxygen atoms in total. The normalized spacial score (nSPS) is 19.1. The highest BCUT2D eigenvalue weighted by Crippen LogP contribution is 2.27. The minimum absolute atomic E-state index is 0.122. The second kappa shape index (κ2) is 4.29. The van der Waals surface area contributed by atoms with Crippen molar-refractivity contribution in [1.29, 1.82) is 0 Å². The lowest BCUT2D eigenvalue weighted by molar-refractivity contribution is 0.105. The lowest BCUT2D eigenvalue weighted by atomic mass is 10.2. The summed E-state index contributed by atoms with van der Waals surface area (Å²) in [7, 11) is 0. The first-order valence-corrected chi connectivity index (χ1v) is 6.80. The van der Waals surface area contributed by atoms with E-state index in [1.807, 2.05) is 0 Å². The van der Waals surface area contributed by atoms with Gasteiger partial charge >= 0.3 is 5.69 Å². The van der Waals surface area contributed by atoms with Gasteiger partial charge in [-0.3, -0.25) is 0 Å². The van der Waals surface area contributed by atoms with E-state index in [0.717, 1.165) is 18.2 Å². The number of nitrogens with one attached hydrogen (secondary N) is 1. The number of aromatic amines is 1. The predicted molar refractivity (Wildman–Crippen MR) is 74.1 cm³/mol. The molecular formula is C13H11ClN4O2. The van der Waals surface area contributed by atoms with Gasteiger partial charge < -0.3 is 9.72 Å². The third-order valence-corrected chi connectivity index (χ3v) is 3.73. The molecule has 1 unspecified atom stereocenters. The lowest BCUT2D eigenvalue weighted by Crippen LogP contribution is -2.17. The second-order valence-electron chi connectivity index (χ2n) is 4.83. The van der Waals surface area contributed by atoms with Crippen molar-refractivity contribution in [3.8, 4) is 0 Å². The Morgan fingerprint density at radius 1 is 1.45 bits per heavy atom. The quantitative estimate of drug-likeness (QED) is 0.745. The van der Waals surface area contributed by atoms with Crippen LogP contribution in [-0.4, -0.2) is 26.2 Å². The molecule has 4 rings (SSSR count). The average molecular weight is 291 g/mol. The maximum Gasteiger partial charge on any atom is 0.348 e. The number of hydrogen-bond donors (Lipinski definition) is 1. The molecule has 1 aliphatic rings. The van der Waals surface area contributed by atoms with Crippen molar-refractivity contribution in [2.75, 3.05) is 6.61 Å². The molecule has 3 heterocycles. The van der Waals surface area contributed by atoms with E-state index in [4.69, 9.17) is 16.3 Å². The Morgan fingerprint density at radius 2 is 2.35 bits per heavy atom.